The number of anilines is 2. The number of hydrogen-bond donors (Lipinski definition) is 2. The van der Waals surface area contributed by atoms with Gasteiger partial charge in [0.1, 0.15) is 11.9 Å². The van der Waals surface area contributed by atoms with Crippen molar-refractivity contribution in [1.82, 2.24) is 9.97 Å². The summed E-state index contributed by atoms with van der Waals surface area (Å²) in [6.45, 7) is 3.98. The predicted octanol–water partition coefficient (Wildman–Crippen LogP) is 4.19. The van der Waals surface area contributed by atoms with Crippen LogP contribution in [0.15, 0.2) is 60.9 Å². The Bertz CT molecular complexity index is 1200. The molecule has 0 bridgehead atoms. The average molecular weight is 491 g/mol. The van der Waals surface area contributed by atoms with E-state index < -0.39 is 5.97 Å². The molecule has 9 heteroatoms. The fraction of sp³-hybridized carbons (Fsp3) is 0.333. The topological polar surface area (TPSA) is 114 Å². The summed E-state index contributed by atoms with van der Waals surface area (Å²) in [6, 6.07) is 14.3. The quantitative estimate of drug-likeness (QED) is 0.435. The van der Waals surface area contributed by atoms with Crippen molar-refractivity contribution in [1.29, 1.82) is 0 Å². The number of amides is 1. The van der Waals surface area contributed by atoms with E-state index in [0.717, 1.165) is 36.4 Å². The lowest BCUT2D eigenvalue weighted by atomic mass is 10.1. The number of carboxylic acids is 1. The van der Waals surface area contributed by atoms with Gasteiger partial charge in [-0.2, -0.15) is 0 Å². The molecule has 0 radical (unpaired) electrons. The maximum atomic E-state index is 12.5. The molecule has 1 aromatic heterocycles. The Balaban J connectivity index is 1.34. The van der Waals surface area contributed by atoms with Crippen molar-refractivity contribution in [2.24, 2.45) is 0 Å². The van der Waals surface area contributed by atoms with E-state index in [1.165, 1.54) is 12.3 Å². The number of aromatic nitrogens is 2. The monoisotopic (exact) mass is 490 g/mol. The summed E-state index contributed by atoms with van der Waals surface area (Å²) in [4.78, 5) is 34.6. The molecular weight excluding hydrogens is 460 g/mol. The standard InChI is InChI=1S/C27H30N4O5/c1-2-35-22-10-3-4-11-23(22)36-21-9-6-14-31(18-21)25-17-28-16-24(29-25)30-26(32)13-12-19-7-5-8-20(15-19)27(33)34/h3-5,7-8,10-11,15-17,21H,2,6,9,12-14,18H2,1H3,(H,33,34)(H,29,30,32). The molecule has 2 heterocycles. The number of para-hydroxylation sites is 2. The Labute approximate surface area is 210 Å². The van der Waals surface area contributed by atoms with Gasteiger partial charge in [-0.3, -0.25) is 9.78 Å². The van der Waals surface area contributed by atoms with Gasteiger partial charge in [-0.05, 0) is 56.0 Å². The van der Waals surface area contributed by atoms with Crippen LogP contribution >= 0.6 is 0 Å². The molecule has 1 atom stereocenters. The highest BCUT2D eigenvalue weighted by atomic mass is 16.5. The molecule has 1 unspecified atom stereocenters. The van der Waals surface area contributed by atoms with Gasteiger partial charge in [0, 0.05) is 13.0 Å². The zero-order valence-corrected chi connectivity index (χ0v) is 20.2. The molecule has 2 N–H and O–H groups in total. The molecule has 1 aliphatic rings. The fourth-order valence-electron chi connectivity index (χ4n) is 4.14. The Hall–Kier alpha value is -4.14. The molecule has 1 aliphatic heterocycles. The summed E-state index contributed by atoms with van der Waals surface area (Å²) in [5, 5.41) is 11.9. The summed E-state index contributed by atoms with van der Waals surface area (Å²) in [5.41, 5.74) is 0.992. The second kappa shape index (κ2) is 12.0. The number of nitrogens with one attached hydrogen (secondary N) is 1. The smallest absolute Gasteiger partial charge is 0.335 e. The molecule has 2 aromatic carbocycles. The largest absolute Gasteiger partial charge is 0.490 e. The Morgan fingerprint density at radius 2 is 1.97 bits per heavy atom. The van der Waals surface area contributed by atoms with E-state index in [-0.39, 0.29) is 24.0 Å². The van der Waals surface area contributed by atoms with Gasteiger partial charge >= 0.3 is 5.97 Å². The van der Waals surface area contributed by atoms with Crippen molar-refractivity contribution in [2.45, 2.75) is 38.7 Å². The highest BCUT2D eigenvalue weighted by Crippen LogP contribution is 2.30. The predicted molar refractivity (Wildman–Crippen MR) is 136 cm³/mol. The molecule has 1 saturated heterocycles. The van der Waals surface area contributed by atoms with Gasteiger partial charge in [-0.1, -0.05) is 24.3 Å². The molecular formula is C27H30N4O5. The van der Waals surface area contributed by atoms with Crippen LogP contribution in [0.4, 0.5) is 11.6 Å². The molecule has 4 rings (SSSR count). The number of carbonyl (C=O) groups excluding carboxylic acids is 1. The number of carbonyl (C=O) groups is 2. The summed E-state index contributed by atoms with van der Waals surface area (Å²) in [6.07, 6.45) is 5.66. The minimum absolute atomic E-state index is 0.0260. The van der Waals surface area contributed by atoms with Crippen molar-refractivity contribution < 1.29 is 24.2 Å². The summed E-state index contributed by atoms with van der Waals surface area (Å²) >= 11 is 0. The molecule has 1 fully saturated rings. The number of aryl methyl sites for hydroxylation is 1. The van der Waals surface area contributed by atoms with Crippen LogP contribution in [0.25, 0.3) is 0 Å². The molecule has 188 valence electrons. The zero-order chi connectivity index (χ0) is 25.3. The number of rotatable bonds is 10. The van der Waals surface area contributed by atoms with Crippen LogP contribution in [0.3, 0.4) is 0 Å². The van der Waals surface area contributed by atoms with Gasteiger partial charge in [-0.15, -0.1) is 0 Å². The van der Waals surface area contributed by atoms with Crippen molar-refractivity contribution in [3.05, 3.63) is 72.1 Å². The number of hydrogen-bond acceptors (Lipinski definition) is 7. The third-order valence-corrected chi connectivity index (χ3v) is 5.85. The first-order valence-corrected chi connectivity index (χ1v) is 12.1. The maximum absolute atomic E-state index is 12.5. The minimum Gasteiger partial charge on any atom is -0.490 e. The highest BCUT2D eigenvalue weighted by Gasteiger charge is 2.24. The van der Waals surface area contributed by atoms with E-state index in [9.17, 15) is 9.59 Å². The molecule has 36 heavy (non-hydrogen) atoms. The van der Waals surface area contributed by atoms with Gasteiger partial charge in [0.15, 0.2) is 17.3 Å². The van der Waals surface area contributed by atoms with Crippen LogP contribution in [-0.4, -0.2) is 52.8 Å². The number of carboxylic acid groups (broad SMARTS) is 1. The van der Waals surface area contributed by atoms with Gasteiger partial charge in [0.25, 0.3) is 0 Å². The van der Waals surface area contributed by atoms with E-state index in [4.69, 9.17) is 14.6 Å². The SMILES string of the molecule is CCOc1ccccc1OC1CCCN(c2cncc(NC(=O)CCc3cccc(C(=O)O)c3)n2)C1. The van der Waals surface area contributed by atoms with E-state index in [2.05, 4.69) is 20.2 Å². The normalized spacial score (nSPS) is 15.2. The van der Waals surface area contributed by atoms with Crippen LogP contribution in [0.5, 0.6) is 11.5 Å². The second-order valence-electron chi connectivity index (χ2n) is 8.52. The first kappa shape index (κ1) is 25.0. The van der Waals surface area contributed by atoms with Gasteiger partial charge in [0.05, 0.1) is 31.1 Å². The van der Waals surface area contributed by atoms with Crippen LogP contribution in [-0.2, 0) is 11.2 Å². The zero-order valence-electron chi connectivity index (χ0n) is 20.2. The van der Waals surface area contributed by atoms with Gasteiger partial charge in [0.2, 0.25) is 5.91 Å². The molecule has 0 saturated carbocycles. The van der Waals surface area contributed by atoms with Crippen molar-refractivity contribution in [3.63, 3.8) is 0 Å². The van der Waals surface area contributed by atoms with Gasteiger partial charge < -0.3 is 24.8 Å². The van der Waals surface area contributed by atoms with E-state index >= 15 is 0 Å². The highest BCUT2D eigenvalue weighted by molar-refractivity contribution is 5.90. The average Bonchev–Trinajstić information content (AvgIpc) is 2.89. The third-order valence-electron chi connectivity index (χ3n) is 5.85. The van der Waals surface area contributed by atoms with E-state index in [0.29, 0.717) is 31.2 Å². The number of piperidine rings is 1. The van der Waals surface area contributed by atoms with Crippen LogP contribution in [0.2, 0.25) is 0 Å². The lowest BCUT2D eigenvalue weighted by Crippen LogP contribution is -2.41. The molecule has 3 aromatic rings. The van der Waals surface area contributed by atoms with Crippen molar-refractivity contribution >= 4 is 23.5 Å². The number of ether oxygens (including phenoxy) is 2. The molecule has 0 spiro atoms. The van der Waals surface area contributed by atoms with Crippen molar-refractivity contribution in [2.75, 3.05) is 29.9 Å². The summed E-state index contributed by atoms with van der Waals surface area (Å²) in [7, 11) is 0. The summed E-state index contributed by atoms with van der Waals surface area (Å²) in [5.74, 6) is 1.31. The third kappa shape index (κ3) is 6.71. The Morgan fingerprint density at radius 3 is 2.78 bits per heavy atom. The van der Waals surface area contributed by atoms with E-state index in [1.807, 2.05) is 37.3 Å². The Kier molecular flexibility index (Phi) is 8.33. The molecule has 9 nitrogen and oxygen atoms in total. The molecule has 1 amide bonds. The minimum atomic E-state index is -0.989. The van der Waals surface area contributed by atoms with Crippen LogP contribution in [0, 0.1) is 0 Å². The van der Waals surface area contributed by atoms with Gasteiger partial charge in [-0.25, -0.2) is 9.78 Å². The van der Waals surface area contributed by atoms with Crippen molar-refractivity contribution in [3.8, 4) is 11.5 Å². The van der Waals surface area contributed by atoms with Crippen LogP contribution < -0.4 is 19.7 Å². The van der Waals surface area contributed by atoms with Crippen LogP contribution in [0.1, 0.15) is 42.1 Å². The number of nitrogens with zero attached hydrogens (tertiary/aromatic N) is 3. The number of aromatic carboxylic acids is 1. The second-order valence-corrected chi connectivity index (χ2v) is 8.52. The number of benzene rings is 2. The maximum Gasteiger partial charge on any atom is 0.335 e. The molecule has 0 aliphatic carbocycles. The van der Waals surface area contributed by atoms with E-state index in [1.54, 1.807) is 18.3 Å². The lowest BCUT2D eigenvalue weighted by Gasteiger charge is -2.33. The summed E-state index contributed by atoms with van der Waals surface area (Å²) < 4.78 is 11.9. The first-order chi connectivity index (χ1) is 17.5. The lowest BCUT2D eigenvalue weighted by molar-refractivity contribution is -0.116. The first-order valence-electron chi connectivity index (χ1n) is 12.1. The Morgan fingerprint density at radius 1 is 1.14 bits per heavy atom. The fourth-order valence-corrected chi connectivity index (χ4v) is 4.14.